The Morgan fingerprint density at radius 1 is 1.38 bits per heavy atom. The van der Waals surface area contributed by atoms with E-state index in [1.807, 2.05) is 6.92 Å². The fourth-order valence-electron chi connectivity index (χ4n) is 1.34. The molecular formula is C11H16ClF2NO. The van der Waals surface area contributed by atoms with E-state index in [0.29, 0.717) is 12.0 Å². The summed E-state index contributed by atoms with van der Waals surface area (Å²) in [4.78, 5) is 0. The lowest BCUT2D eigenvalue weighted by molar-refractivity contribution is 0.357. The summed E-state index contributed by atoms with van der Waals surface area (Å²) in [6.45, 7) is 1.92. The molecule has 0 bridgehead atoms. The summed E-state index contributed by atoms with van der Waals surface area (Å²) in [6.07, 6.45) is 1.14. The van der Waals surface area contributed by atoms with Gasteiger partial charge in [-0.25, -0.2) is 8.78 Å². The molecule has 0 saturated carbocycles. The van der Waals surface area contributed by atoms with Gasteiger partial charge in [-0.1, -0.05) is 13.0 Å². The zero-order chi connectivity index (χ0) is 11.4. The Balaban J connectivity index is 0.00000225. The van der Waals surface area contributed by atoms with Crippen LogP contribution < -0.4 is 10.5 Å². The molecule has 0 fully saturated rings. The van der Waals surface area contributed by atoms with Gasteiger partial charge in [0.1, 0.15) is 0 Å². The molecule has 0 aliphatic rings. The summed E-state index contributed by atoms with van der Waals surface area (Å²) < 4.78 is 31.3. The summed E-state index contributed by atoms with van der Waals surface area (Å²) in [6, 6.07) is 2.48. The first-order valence-corrected chi connectivity index (χ1v) is 4.86. The molecule has 0 heterocycles. The minimum Gasteiger partial charge on any atom is -0.491 e. The molecular weight excluding hydrogens is 236 g/mol. The minimum absolute atomic E-state index is 0. The van der Waals surface area contributed by atoms with Gasteiger partial charge in [0.15, 0.2) is 17.4 Å². The first kappa shape index (κ1) is 15.1. The van der Waals surface area contributed by atoms with E-state index in [1.165, 1.54) is 19.2 Å². The first-order chi connectivity index (χ1) is 7.10. The molecule has 1 aromatic rings. The lowest BCUT2D eigenvalue weighted by Gasteiger charge is -2.11. The Bertz CT molecular complexity index is 347. The highest BCUT2D eigenvalue weighted by Crippen LogP contribution is 2.24. The van der Waals surface area contributed by atoms with Crippen LogP contribution in [0.25, 0.3) is 0 Å². The molecule has 0 aliphatic heterocycles. The van der Waals surface area contributed by atoms with Crippen LogP contribution in [0.5, 0.6) is 5.75 Å². The molecule has 0 saturated heterocycles. The highest BCUT2D eigenvalue weighted by Gasteiger charge is 2.15. The number of nitrogens with two attached hydrogens (primary N) is 1. The Morgan fingerprint density at radius 2 is 2.00 bits per heavy atom. The van der Waals surface area contributed by atoms with E-state index >= 15 is 0 Å². The molecule has 2 N–H and O–H groups in total. The summed E-state index contributed by atoms with van der Waals surface area (Å²) in [5.74, 6) is -1.68. The lowest BCUT2D eigenvalue weighted by atomic mass is 10.0. The van der Waals surface area contributed by atoms with Crippen LogP contribution in [0, 0.1) is 11.6 Å². The van der Waals surface area contributed by atoms with Gasteiger partial charge < -0.3 is 10.5 Å². The van der Waals surface area contributed by atoms with E-state index in [1.54, 1.807) is 0 Å². The lowest BCUT2D eigenvalue weighted by Crippen LogP contribution is -2.22. The zero-order valence-corrected chi connectivity index (χ0v) is 10.1. The first-order valence-electron chi connectivity index (χ1n) is 4.86. The highest BCUT2D eigenvalue weighted by atomic mass is 35.5. The van der Waals surface area contributed by atoms with Crippen molar-refractivity contribution in [2.24, 2.45) is 5.73 Å². The molecule has 0 aromatic heterocycles. The second kappa shape index (κ2) is 6.66. The SMILES string of the molecule is CCC(N)Cc1ccc(F)c(OC)c1F.Cl. The molecule has 1 unspecified atom stereocenters. The van der Waals surface area contributed by atoms with Crippen molar-refractivity contribution in [1.29, 1.82) is 0 Å². The van der Waals surface area contributed by atoms with Crippen LogP contribution in [0.2, 0.25) is 0 Å². The Labute approximate surface area is 100 Å². The third-order valence-corrected chi connectivity index (χ3v) is 2.34. The van der Waals surface area contributed by atoms with Gasteiger partial charge in [0.25, 0.3) is 0 Å². The normalized spacial score (nSPS) is 11.8. The number of methoxy groups -OCH3 is 1. The van der Waals surface area contributed by atoms with Crippen molar-refractivity contribution in [3.63, 3.8) is 0 Å². The maximum Gasteiger partial charge on any atom is 0.190 e. The molecule has 0 spiro atoms. The maximum atomic E-state index is 13.6. The summed E-state index contributed by atoms with van der Waals surface area (Å²) in [7, 11) is 1.24. The van der Waals surface area contributed by atoms with Crippen molar-refractivity contribution in [3.05, 3.63) is 29.3 Å². The number of benzene rings is 1. The number of rotatable bonds is 4. The Kier molecular flexibility index (Phi) is 6.29. The van der Waals surface area contributed by atoms with Crippen LogP contribution in [0.1, 0.15) is 18.9 Å². The third-order valence-electron chi connectivity index (χ3n) is 2.34. The van der Waals surface area contributed by atoms with Crippen molar-refractivity contribution < 1.29 is 13.5 Å². The van der Waals surface area contributed by atoms with Crippen LogP contribution in [0.15, 0.2) is 12.1 Å². The molecule has 16 heavy (non-hydrogen) atoms. The van der Waals surface area contributed by atoms with E-state index in [9.17, 15) is 8.78 Å². The predicted octanol–water partition coefficient (Wildman–Crippen LogP) is 2.68. The maximum absolute atomic E-state index is 13.6. The van der Waals surface area contributed by atoms with Crippen LogP contribution >= 0.6 is 12.4 Å². The van der Waals surface area contributed by atoms with Gasteiger partial charge >= 0.3 is 0 Å². The topological polar surface area (TPSA) is 35.2 Å². The number of hydrogen-bond donors (Lipinski definition) is 1. The Hall–Kier alpha value is -0.870. The van der Waals surface area contributed by atoms with Crippen molar-refractivity contribution in [2.45, 2.75) is 25.8 Å². The van der Waals surface area contributed by atoms with E-state index in [2.05, 4.69) is 4.74 Å². The summed E-state index contributed by atoms with van der Waals surface area (Å²) >= 11 is 0. The standard InChI is InChI=1S/C11H15F2NO.ClH/c1-3-8(14)6-7-4-5-9(12)11(15-2)10(7)13;/h4-5,8H,3,6,14H2,1-2H3;1H. The van der Waals surface area contributed by atoms with Crippen LogP contribution in [-0.4, -0.2) is 13.2 Å². The molecule has 1 rings (SSSR count). The fraction of sp³-hybridized carbons (Fsp3) is 0.455. The van der Waals surface area contributed by atoms with Crippen LogP contribution in [0.4, 0.5) is 8.78 Å². The second-order valence-electron chi connectivity index (χ2n) is 3.43. The quantitative estimate of drug-likeness (QED) is 0.893. The predicted molar refractivity (Wildman–Crippen MR) is 62.1 cm³/mol. The second-order valence-corrected chi connectivity index (χ2v) is 3.43. The van der Waals surface area contributed by atoms with E-state index in [-0.39, 0.29) is 24.2 Å². The van der Waals surface area contributed by atoms with Crippen LogP contribution in [0.3, 0.4) is 0 Å². The van der Waals surface area contributed by atoms with Crippen molar-refractivity contribution in [1.82, 2.24) is 0 Å². The largest absolute Gasteiger partial charge is 0.491 e. The highest BCUT2D eigenvalue weighted by molar-refractivity contribution is 5.85. The molecule has 2 nitrogen and oxygen atoms in total. The summed E-state index contributed by atoms with van der Waals surface area (Å²) in [5, 5.41) is 0. The van der Waals surface area contributed by atoms with Crippen molar-refractivity contribution in [3.8, 4) is 5.75 Å². The van der Waals surface area contributed by atoms with Gasteiger partial charge in [0, 0.05) is 6.04 Å². The number of hydrogen-bond acceptors (Lipinski definition) is 2. The third kappa shape index (κ3) is 3.32. The average Bonchev–Trinajstić information content (AvgIpc) is 2.23. The smallest absolute Gasteiger partial charge is 0.190 e. The van der Waals surface area contributed by atoms with Gasteiger partial charge in [-0.2, -0.15) is 0 Å². The molecule has 0 aliphatic carbocycles. The fourth-order valence-corrected chi connectivity index (χ4v) is 1.34. The zero-order valence-electron chi connectivity index (χ0n) is 9.30. The average molecular weight is 252 g/mol. The van der Waals surface area contributed by atoms with E-state index in [0.717, 1.165) is 6.42 Å². The van der Waals surface area contributed by atoms with Gasteiger partial charge in [0.05, 0.1) is 7.11 Å². The van der Waals surface area contributed by atoms with Gasteiger partial charge in [-0.3, -0.25) is 0 Å². The Morgan fingerprint density at radius 3 is 2.50 bits per heavy atom. The molecule has 5 heteroatoms. The summed E-state index contributed by atoms with van der Waals surface area (Å²) in [5.41, 5.74) is 6.09. The minimum atomic E-state index is -0.691. The number of ether oxygens (including phenoxy) is 1. The van der Waals surface area contributed by atoms with Gasteiger partial charge in [0.2, 0.25) is 0 Å². The van der Waals surface area contributed by atoms with E-state index in [4.69, 9.17) is 5.73 Å². The van der Waals surface area contributed by atoms with Gasteiger partial charge in [-0.05, 0) is 24.5 Å². The molecule has 1 atom stereocenters. The monoisotopic (exact) mass is 251 g/mol. The van der Waals surface area contributed by atoms with Gasteiger partial charge in [-0.15, -0.1) is 12.4 Å². The molecule has 92 valence electrons. The molecule has 0 radical (unpaired) electrons. The van der Waals surface area contributed by atoms with Crippen LogP contribution in [-0.2, 0) is 6.42 Å². The van der Waals surface area contributed by atoms with E-state index < -0.39 is 11.6 Å². The number of halogens is 3. The molecule has 0 amide bonds. The van der Waals surface area contributed by atoms with Crippen molar-refractivity contribution in [2.75, 3.05) is 7.11 Å². The van der Waals surface area contributed by atoms with Crippen molar-refractivity contribution >= 4 is 12.4 Å². The molecule has 1 aromatic carbocycles.